The molecule has 3 rings (SSSR count). The number of hydrogen-bond acceptors (Lipinski definition) is 4. The van der Waals surface area contributed by atoms with Gasteiger partial charge in [-0.05, 0) is 11.6 Å². The topological polar surface area (TPSA) is 54.9 Å². The minimum absolute atomic E-state index is 0.00245. The second kappa shape index (κ2) is 8.12. The molecule has 1 heterocycles. The molecule has 2 aromatic carbocycles. The van der Waals surface area contributed by atoms with Crippen molar-refractivity contribution in [2.75, 3.05) is 5.75 Å². The van der Waals surface area contributed by atoms with Crippen molar-refractivity contribution in [3.8, 4) is 0 Å². The smallest absolute Gasteiger partial charge is 0.230 e. The molecule has 1 amide bonds. The van der Waals surface area contributed by atoms with Crippen LogP contribution in [-0.2, 0) is 11.3 Å². The van der Waals surface area contributed by atoms with E-state index in [2.05, 4.69) is 29.1 Å². The number of hydrogen-bond donors (Lipinski definition) is 1. The normalized spacial score (nSPS) is 11.0. The monoisotopic (exact) mass is 351 g/mol. The van der Waals surface area contributed by atoms with Crippen molar-refractivity contribution in [2.45, 2.75) is 31.3 Å². The highest BCUT2D eigenvalue weighted by atomic mass is 32.2. The van der Waals surface area contributed by atoms with Crippen LogP contribution in [-0.4, -0.2) is 21.6 Å². The van der Waals surface area contributed by atoms with E-state index in [4.69, 9.17) is 0 Å². The van der Waals surface area contributed by atoms with Gasteiger partial charge in [0.2, 0.25) is 5.91 Å². The lowest BCUT2D eigenvalue weighted by Gasteiger charge is -2.10. The Morgan fingerprint density at radius 3 is 2.52 bits per heavy atom. The minimum Gasteiger partial charge on any atom is -0.351 e. The number of amides is 1. The molecule has 0 aliphatic rings. The number of carbonyl (C=O) groups is 1. The maximum atomic E-state index is 12.2. The summed E-state index contributed by atoms with van der Waals surface area (Å²) in [5, 5.41) is 4.81. The minimum atomic E-state index is 0.00245. The van der Waals surface area contributed by atoms with E-state index in [0.29, 0.717) is 12.3 Å². The largest absolute Gasteiger partial charge is 0.351 e. The van der Waals surface area contributed by atoms with Crippen molar-refractivity contribution >= 4 is 28.6 Å². The summed E-state index contributed by atoms with van der Waals surface area (Å²) in [7, 11) is 0. The van der Waals surface area contributed by atoms with Crippen molar-refractivity contribution in [1.29, 1.82) is 0 Å². The van der Waals surface area contributed by atoms with E-state index in [0.717, 1.165) is 27.3 Å². The zero-order valence-corrected chi connectivity index (χ0v) is 15.2. The maximum absolute atomic E-state index is 12.2. The lowest BCUT2D eigenvalue weighted by atomic mass is 10.2. The average molecular weight is 351 g/mol. The predicted molar refractivity (Wildman–Crippen MR) is 103 cm³/mol. The molecule has 0 saturated heterocycles. The highest BCUT2D eigenvalue weighted by Gasteiger charge is 2.12. The van der Waals surface area contributed by atoms with Crippen LogP contribution in [0.1, 0.15) is 31.2 Å². The van der Waals surface area contributed by atoms with Crippen molar-refractivity contribution < 1.29 is 4.79 Å². The molecule has 25 heavy (non-hydrogen) atoms. The van der Waals surface area contributed by atoms with Crippen molar-refractivity contribution in [3.05, 3.63) is 66.0 Å². The molecule has 128 valence electrons. The van der Waals surface area contributed by atoms with E-state index in [1.807, 2.05) is 54.6 Å². The molecular formula is C20H21N3OS. The summed E-state index contributed by atoms with van der Waals surface area (Å²) in [4.78, 5) is 21.4. The third-order valence-corrected chi connectivity index (χ3v) is 4.77. The molecule has 0 fully saturated rings. The first-order valence-corrected chi connectivity index (χ1v) is 9.32. The zero-order valence-electron chi connectivity index (χ0n) is 14.4. The number of fused-ring (bicyclic) bond motifs is 1. The van der Waals surface area contributed by atoms with Crippen LogP contribution in [0.4, 0.5) is 0 Å². The predicted octanol–water partition coefficient (Wildman–Crippen LogP) is 4.16. The second-order valence-corrected chi connectivity index (χ2v) is 7.07. The van der Waals surface area contributed by atoms with Gasteiger partial charge in [-0.1, -0.05) is 74.1 Å². The van der Waals surface area contributed by atoms with Crippen LogP contribution < -0.4 is 5.32 Å². The summed E-state index contributed by atoms with van der Waals surface area (Å²) < 4.78 is 0. The van der Waals surface area contributed by atoms with Gasteiger partial charge in [0, 0.05) is 17.8 Å². The summed E-state index contributed by atoms with van der Waals surface area (Å²) in [6.45, 7) is 4.69. The van der Waals surface area contributed by atoms with E-state index in [1.165, 1.54) is 11.8 Å². The van der Waals surface area contributed by atoms with Gasteiger partial charge in [0.1, 0.15) is 10.9 Å². The number of rotatable bonds is 6. The number of thioether (sulfide) groups is 1. The molecule has 0 aliphatic heterocycles. The van der Waals surface area contributed by atoms with Crippen LogP contribution in [0.2, 0.25) is 0 Å². The molecule has 0 unspecified atom stereocenters. The van der Waals surface area contributed by atoms with Crippen LogP contribution in [0.15, 0.2) is 59.6 Å². The first-order valence-electron chi connectivity index (χ1n) is 8.33. The summed E-state index contributed by atoms with van der Waals surface area (Å²) in [5.74, 6) is 1.40. The number of carbonyl (C=O) groups excluding carboxylic acids is 1. The van der Waals surface area contributed by atoms with Crippen molar-refractivity contribution in [3.63, 3.8) is 0 Å². The molecule has 0 aliphatic carbocycles. The molecule has 0 saturated carbocycles. The van der Waals surface area contributed by atoms with Gasteiger partial charge in [-0.25, -0.2) is 9.97 Å². The van der Waals surface area contributed by atoms with Gasteiger partial charge in [-0.15, -0.1) is 0 Å². The number of benzene rings is 2. The van der Waals surface area contributed by atoms with Gasteiger partial charge in [-0.2, -0.15) is 0 Å². The molecule has 0 spiro atoms. The first-order chi connectivity index (χ1) is 12.1. The standard InChI is InChI=1S/C20H21N3OS/c1-14(2)19-22-17-11-7-6-10-16(17)20(23-19)25-13-18(24)21-12-15-8-4-3-5-9-15/h3-11,14H,12-13H2,1-2H3,(H,21,24). The van der Waals surface area contributed by atoms with Crippen molar-refractivity contribution in [1.82, 2.24) is 15.3 Å². The third-order valence-electron chi connectivity index (χ3n) is 3.77. The van der Waals surface area contributed by atoms with E-state index in [1.54, 1.807) is 0 Å². The number of nitrogens with one attached hydrogen (secondary N) is 1. The van der Waals surface area contributed by atoms with Crippen molar-refractivity contribution in [2.24, 2.45) is 0 Å². The molecule has 1 aromatic heterocycles. The Bertz CT molecular complexity index is 865. The van der Waals surface area contributed by atoms with Crippen LogP contribution >= 0.6 is 11.8 Å². The van der Waals surface area contributed by atoms with E-state index in [9.17, 15) is 4.79 Å². The second-order valence-electron chi connectivity index (χ2n) is 6.11. The van der Waals surface area contributed by atoms with Gasteiger partial charge in [0.15, 0.2) is 0 Å². The van der Waals surface area contributed by atoms with Crippen LogP contribution in [0.25, 0.3) is 10.9 Å². The lowest BCUT2D eigenvalue weighted by molar-refractivity contribution is -0.118. The third kappa shape index (κ3) is 4.57. The number of aromatic nitrogens is 2. The fraction of sp³-hybridized carbons (Fsp3) is 0.250. The quantitative estimate of drug-likeness (QED) is 0.535. The summed E-state index contributed by atoms with van der Waals surface area (Å²) in [6.07, 6.45) is 0. The van der Waals surface area contributed by atoms with Gasteiger partial charge in [0.05, 0.1) is 11.3 Å². The first kappa shape index (κ1) is 17.4. The summed E-state index contributed by atoms with van der Waals surface area (Å²) in [6, 6.07) is 17.8. The van der Waals surface area contributed by atoms with Gasteiger partial charge < -0.3 is 5.32 Å². The van der Waals surface area contributed by atoms with Gasteiger partial charge in [-0.3, -0.25) is 4.79 Å². The van der Waals surface area contributed by atoms with E-state index < -0.39 is 0 Å². The Balaban J connectivity index is 1.68. The molecular weight excluding hydrogens is 330 g/mol. The van der Waals surface area contributed by atoms with Crippen LogP contribution in [0.5, 0.6) is 0 Å². The maximum Gasteiger partial charge on any atom is 0.230 e. The molecule has 1 N–H and O–H groups in total. The molecule has 0 atom stereocenters. The highest BCUT2D eigenvalue weighted by molar-refractivity contribution is 8.00. The number of para-hydroxylation sites is 1. The fourth-order valence-corrected chi connectivity index (χ4v) is 3.27. The Labute approximate surface area is 152 Å². The Morgan fingerprint density at radius 2 is 1.76 bits per heavy atom. The van der Waals surface area contributed by atoms with Crippen LogP contribution in [0, 0.1) is 0 Å². The molecule has 3 aromatic rings. The van der Waals surface area contributed by atoms with E-state index in [-0.39, 0.29) is 11.8 Å². The van der Waals surface area contributed by atoms with Gasteiger partial charge in [0.25, 0.3) is 0 Å². The Kier molecular flexibility index (Phi) is 5.66. The Hall–Kier alpha value is -2.40. The fourth-order valence-electron chi connectivity index (χ4n) is 2.41. The molecule has 5 heteroatoms. The lowest BCUT2D eigenvalue weighted by Crippen LogP contribution is -2.24. The summed E-state index contributed by atoms with van der Waals surface area (Å²) >= 11 is 1.46. The SMILES string of the molecule is CC(C)c1nc(SCC(=O)NCc2ccccc2)c2ccccc2n1. The van der Waals surface area contributed by atoms with Gasteiger partial charge >= 0.3 is 0 Å². The van der Waals surface area contributed by atoms with E-state index >= 15 is 0 Å². The summed E-state index contributed by atoms with van der Waals surface area (Å²) in [5.41, 5.74) is 2.02. The highest BCUT2D eigenvalue weighted by Crippen LogP contribution is 2.26. The van der Waals surface area contributed by atoms with Crippen LogP contribution in [0.3, 0.4) is 0 Å². The number of nitrogens with zero attached hydrogens (tertiary/aromatic N) is 2. The molecule has 4 nitrogen and oxygen atoms in total. The zero-order chi connectivity index (χ0) is 17.6. The Morgan fingerprint density at radius 1 is 1.04 bits per heavy atom. The molecule has 0 radical (unpaired) electrons. The average Bonchev–Trinajstić information content (AvgIpc) is 2.65. The molecule has 0 bridgehead atoms.